The molecule has 80 valence electrons. The number of nitriles is 1. The summed E-state index contributed by atoms with van der Waals surface area (Å²) < 4.78 is 0. The van der Waals surface area contributed by atoms with Crippen LogP contribution in [-0.2, 0) is 6.54 Å². The first-order valence-corrected chi connectivity index (χ1v) is 5.83. The van der Waals surface area contributed by atoms with Crippen LogP contribution in [-0.4, -0.2) is 12.0 Å². The summed E-state index contributed by atoms with van der Waals surface area (Å²) in [4.78, 5) is 6.22. The van der Waals surface area contributed by atoms with Crippen molar-refractivity contribution >= 4 is 17.2 Å². The first kappa shape index (κ1) is 10.7. The van der Waals surface area contributed by atoms with E-state index in [1.807, 2.05) is 17.3 Å². The lowest BCUT2D eigenvalue weighted by atomic mass is 10.2. The summed E-state index contributed by atoms with van der Waals surface area (Å²) in [5.41, 5.74) is 1.85. The molecule has 2 rings (SSSR count). The van der Waals surface area contributed by atoms with Crippen LogP contribution in [0.1, 0.15) is 11.1 Å². The van der Waals surface area contributed by atoms with E-state index in [2.05, 4.69) is 22.5 Å². The molecule has 0 N–H and O–H groups in total. The van der Waals surface area contributed by atoms with E-state index in [4.69, 9.17) is 5.26 Å². The van der Waals surface area contributed by atoms with Crippen LogP contribution in [0.2, 0.25) is 0 Å². The van der Waals surface area contributed by atoms with E-state index in [9.17, 15) is 0 Å². The highest BCUT2D eigenvalue weighted by Gasteiger charge is 2.08. The summed E-state index contributed by atoms with van der Waals surface area (Å²) in [6.45, 7) is 0.773. The number of pyridine rings is 1. The van der Waals surface area contributed by atoms with Gasteiger partial charge in [-0.2, -0.15) is 16.6 Å². The summed E-state index contributed by atoms with van der Waals surface area (Å²) in [5, 5.41) is 13.1. The van der Waals surface area contributed by atoms with Gasteiger partial charge < -0.3 is 4.90 Å². The molecule has 0 radical (unpaired) electrons. The highest BCUT2D eigenvalue weighted by atomic mass is 32.1. The van der Waals surface area contributed by atoms with E-state index in [-0.39, 0.29) is 0 Å². The minimum absolute atomic E-state index is 0.611. The van der Waals surface area contributed by atoms with Crippen molar-refractivity contribution in [2.24, 2.45) is 0 Å². The van der Waals surface area contributed by atoms with Gasteiger partial charge in [0.25, 0.3) is 0 Å². The van der Waals surface area contributed by atoms with Crippen LogP contribution in [0.3, 0.4) is 0 Å². The second-order valence-electron chi connectivity index (χ2n) is 3.47. The second-order valence-corrected chi connectivity index (χ2v) is 4.25. The van der Waals surface area contributed by atoms with E-state index in [0.717, 1.165) is 12.4 Å². The maximum absolute atomic E-state index is 8.98. The van der Waals surface area contributed by atoms with Crippen LogP contribution >= 0.6 is 11.3 Å². The van der Waals surface area contributed by atoms with Crippen molar-refractivity contribution < 1.29 is 0 Å². The third kappa shape index (κ3) is 2.20. The number of hydrogen-bond acceptors (Lipinski definition) is 4. The predicted molar refractivity (Wildman–Crippen MR) is 65.4 cm³/mol. The Labute approximate surface area is 98.6 Å². The number of nitrogens with zero attached hydrogens (tertiary/aromatic N) is 3. The van der Waals surface area contributed by atoms with Crippen LogP contribution in [0.15, 0.2) is 35.2 Å². The monoisotopic (exact) mass is 229 g/mol. The molecule has 0 saturated carbocycles. The molecule has 0 aliphatic rings. The van der Waals surface area contributed by atoms with Gasteiger partial charge in [-0.1, -0.05) is 0 Å². The quantitative estimate of drug-likeness (QED) is 0.812. The van der Waals surface area contributed by atoms with Gasteiger partial charge in [-0.15, -0.1) is 0 Å². The van der Waals surface area contributed by atoms with Crippen molar-refractivity contribution in [1.29, 1.82) is 5.26 Å². The maximum atomic E-state index is 8.98. The normalized spacial score (nSPS) is 9.75. The standard InChI is InChI=1S/C12H11N3S/c1-15(8-10-4-6-16-9-10)12-11(7-13)3-2-5-14-12/h2-6,9H,8H2,1H3. The minimum atomic E-state index is 0.611. The van der Waals surface area contributed by atoms with Gasteiger partial charge in [0.05, 0.1) is 5.56 Å². The van der Waals surface area contributed by atoms with Crippen molar-refractivity contribution in [2.45, 2.75) is 6.54 Å². The molecule has 0 bridgehead atoms. The summed E-state index contributed by atoms with van der Waals surface area (Å²) in [6.07, 6.45) is 1.71. The molecule has 0 aliphatic carbocycles. The number of rotatable bonds is 3. The average molecular weight is 229 g/mol. The van der Waals surface area contributed by atoms with Crippen LogP contribution in [0.5, 0.6) is 0 Å². The number of anilines is 1. The lowest BCUT2D eigenvalue weighted by molar-refractivity contribution is 0.899. The molecule has 2 aromatic heterocycles. The molecule has 0 aromatic carbocycles. The zero-order chi connectivity index (χ0) is 11.4. The molecule has 0 spiro atoms. The fraction of sp³-hybridized carbons (Fsp3) is 0.167. The van der Waals surface area contributed by atoms with E-state index < -0.39 is 0 Å². The van der Waals surface area contributed by atoms with Gasteiger partial charge >= 0.3 is 0 Å². The van der Waals surface area contributed by atoms with Crippen molar-refractivity contribution in [2.75, 3.05) is 11.9 Å². The van der Waals surface area contributed by atoms with Crippen LogP contribution in [0.4, 0.5) is 5.82 Å². The first-order valence-electron chi connectivity index (χ1n) is 4.88. The lowest BCUT2D eigenvalue weighted by Crippen LogP contribution is -2.18. The molecule has 16 heavy (non-hydrogen) atoms. The fourth-order valence-electron chi connectivity index (χ4n) is 1.52. The molecule has 0 aliphatic heterocycles. The van der Waals surface area contributed by atoms with Gasteiger partial charge in [-0.3, -0.25) is 0 Å². The third-order valence-corrected chi connectivity index (χ3v) is 3.00. The maximum Gasteiger partial charge on any atom is 0.146 e. The summed E-state index contributed by atoms with van der Waals surface area (Å²) >= 11 is 1.67. The third-order valence-electron chi connectivity index (χ3n) is 2.27. The molecular formula is C12H11N3S. The molecule has 0 fully saturated rings. The van der Waals surface area contributed by atoms with E-state index >= 15 is 0 Å². The van der Waals surface area contributed by atoms with Gasteiger partial charge in [0.2, 0.25) is 0 Å². The summed E-state index contributed by atoms with van der Waals surface area (Å²) in [6, 6.07) is 7.80. The highest BCUT2D eigenvalue weighted by molar-refractivity contribution is 7.07. The summed E-state index contributed by atoms with van der Waals surface area (Å²) in [5.74, 6) is 0.733. The van der Waals surface area contributed by atoms with Gasteiger partial charge in [0.1, 0.15) is 11.9 Å². The molecule has 0 amide bonds. The Balaban J connectivity index is 2.21. The van der Waals surface area contributed by atoms with Gasteiger partial charge in [-0.25, -0.2) is 4.98 Å². The Morgan fingerprint density at radius 2 is 2.38 bits per heavy atom. The Kier molecular flexibility index (Phi) is 3.18. The number of hydrogen-bond donors (Lipinski definition) is 0. The molecule has 3 nitrogen and oxygen atoms in total. The zero-order valence-corrected chi connectivity index (χ0v) is 9.74. The SMILES string of the molecule is CN(Cc1ccsc1)c1ncccc1C#N. The molecule has 0 saturated heterocycles. The van der Waals surface area contributed by atoms with Crippen molar-refractivity contribution in [1.82, 2.24) is 4.98 Å². The summed E-state index contributed by atoms with van der Waals surface area (Å²) in [7, 11) is 1.95. The van der Waals surface area contributed by atoms with Crippen molar-refractivity contribution in [3.8, 4) is 6.07 Å². The Hall–Kier alpha value is -1.86. The lowest BCUT2D eigenvalue weighted by Gasteiger charge is -2.18. The topological polar surface area (TPSA) is 39.9 Å². The zero-order valence-electron chi connectivity index (χ0n) is 8.92. The average Bonchev–Trinajstić information content (AvgIpc) is 2.81. The number of aromatic nitrogens is 1. The van der Waals surface area contributed by atoms with Crippen molar-refractivity contribution in [3.05, 3.63) is 46.3 Å². The molecule has 0 unspecified atom stereocenters. The highest BCUT2D eigenvalue weighted by Crippen LogP contribution is 2.17. The predicted octanol–water partition coefficient (Wildman–Crippen LogP) is 2.65. The van der Waals surface area contributed by atoms with Gasteiger partial charge in [0.15, 0.2) is 0 Å². The minimum Gasteiger partial charge on any atom is -0.354 e. The van der Waals surface area contributed by atoms with Crippen molar-refractivity contribution in [3.63, 3.8) is 0 Å². The molecular weight excluding hydrogens is 218 g/mol. The Bertz CT molecular complexity index is 499. The Morgan fingerprint density at radius 3 is 3.06 bits per heavy atom. The number of thiophene rings is 1. The van der Waals surface area contributed by atoms with Gasteiger partial charge in [-0.05, 0) is 34.5 Å². The fourth-order valence-corrected chi connectivity index (χ4v) is 2.18. The van der Waals surface area contributed by atoms with Crippen LogP contribution in [0.25, 0.3) is 0 Å². The molecule has 2 heterocycles. The van der Waals surface area contributed by atoms with Crippen LogP contribution < -0.4 is 4.90 Å². The molecule has 2 aromatic rings. The smallest absolute Gasteiger partial charge is 0.146 e. The van der Waals surface area contributed by atoms with Crippen LogP contribution in [0, 0.1) is 11.3 Å². The largest absolute Gasteiger partial charge is 0.354 e. The Morgan fingerprint density at radius 1 is 1.50 bits per heavy atom. The molecule has 0 atom stereocenters. The van der Waals surface area contributed by atoms with Gasteiger partial charge in [0, 0.05) is 19.8 Å². The first-order chi connectivity index (χ1) is 7.81. The van der Waals surface area contributed by atoms with E-state index in [1.54, 1.807) is 29.7 Å². The molecule has 4 heteroatoms. The van der Waals surface area contributed by atoms with E-state index in [1.165, 1.54) is 5.56 Å². The van der Waals surface area contributed by atoms with E-state index in [0.29, 0.717) is 5.56 Å². The second kappa shape index (κ2) is 4.77.